The summed E-state index contributed by atoms with van der Waals surface area (Å²) in [6, 6.07) is 16.3. The van der Waals surface area contributed by atoms with Crippen molar-refractivity contribution in [3.63, 3.8) is 0 Å². The SMILES string of the molecule is COc1cccc(NC(=S)/C(=C(\[O-])c2ccc(OC(F)F)cc2)[n+]2cccc(C)c2)c1. The van der Waals surface area contributed by atoms with E-state index in [-0.39, 0.29) is 27.8 Å². The van der Waals surface area contributed by atoms with Gasteiger partial charge in [0, 0.05) is 23.4 Å². The van der Waals surface area contributed by atoms with Crippen LogP contribution in [-0.2, 0) is 0 Å². The fraction of sp³-hybridized carbons (Fsp3) is 0.130. The number of hydrogen-bond donors (Lipinski definition) is 1. The van der Waals surface area contributed by atoms with Crippen LogP contribution in [0.25, 0.3) is 11.5 Å². The number of halogens is 2. The van der Waals surface area contributed by atoms with E-state index >= 15 is 0 Å². The van der Waals surface area contributed by atoms with Crippen molar-refractivity contribution in [3.8, 4) is 11.5 Å². The van der Waals surface area contributed by atoms with E-state index in [0.717, 1.165) is 5.56 Å². The second-order valence-corrected chi connectivity index (χ2v) is 6.96. The minimum atomic E-state index is -2.94. The summed E-state index contributed by atoms with van der Waals surface area (Å²) >= 11 is 5.57. The average Bonchev–Trinajstić information content (AvgIpc) is 2.74. The van der Waals surface area contributed by atoms with Crippen LogP contribution in [0.4, 0.5) is 14.5 Å². The molecule has 0 aliphatic heterocycles. The Morgan fingerprint density at radius 3 is 2.45 bits per heavy atom. The maximum atomic E-state index is 13.3. The Kier molecular flexibility index (Phi) is 7.15. The van der Waals surface area contributed by atoms with Crippen LogP contribution in [0.2, 0.25) is 0 Å². The van der Waals surface area contributed by atoms with Gasteiger partial charge in [0.15, 0.2) is 17.4 Å². The third kappa shape index (κ3) is 5.76. The van der Waals surface area contributed by atoms with Crippen LogP contribution in [0.15, 0.2) is 73.1 Å². The number of thiocarbonyl (C=S) groups is 1. The molecule has 0 aliphatic rings. The fourth-order valence-corrected chi connectivity index (χ4v) is 3.20. The molecule has 1 aromatic heterocycles. The number of nitrogens with one attached hydrogen (secondary N) is 1. The molecule has 0 aliphatic carbocycles. The van der Waals surface area contributed by atoms with Crippen molar-refractivity contribution < 1.29 is 27.9 Å². The Hall–Kier alpha value is -3.52. The first kappa shape index (κ1) is 22.2. The predicted octanol–water partition coefficient (Wildman–Crippen LogP) is 4.02. The zero-order chi connectivity index (χ0) is 22.4. The molecule has 0 amide bonds. The molecular formula is C23H20F2N2O3S. The first-order valence-electron chi connectivity index (χ1n) is 9.27. The van der Waals surface area contributed by atoms with Gasteiger partial charge < -0.3 is 19.9 Å². The maximum Gasteiger partial charge on any atom is 0.387 e. The summed E-state index contributed by atoms with van der Waals surface area (Å²) in [6.45, 7) is -1.04. The zero-order valence-corrected chi connectivity index (χ0v) is 17.7. The normalized spacial score (nSPS) is 11.6. The highest BCUT2D eigenvalue weighted by Crippen LogP contribution is 2.22. The van der Waals surface area contributed by atoms with Gasteiger partial charge in [0.25, 0.3) is 0 Å². The van der Waals surface area contributed by atoms with Gasteiger partial charge in [-0.05, 0) is 48.6 Å². The molecule has 0 spiro atoms. The lowest BCUT2D eigenvalue weighted by atomic mass is 10.1. The summed E-state index contributed by atoms with van der Waals surface area (Å²) in [5, 5.41) is 16.4. The molecule has 0 saturated heterocycles. The quantitative estimate of drug-likeness (QED) is 0.259. The van der Waals surface area contributed by atoms with Gasteiger partial charge in [-0.2, -0.15) is 13.3 Å². The van der Waals surface area contributed by atoms with Crippen molar-refractivity contribution in [2.45, 2.75) is 13.5 Å². The number of nitrogens with zero attached hydrogens (tertiary/aromatic N) is 1. The Morgan fingerprint density at radius 1 is 1.06 bits per heavy atom. The van der Waals surface area contributed by atoms with Gasteiger partial charge in [0.05, 0.1) is 7.11 Å². The minimum Gasteiger partial charge on any atom is -0.867 e. The molecule has 0 saturated carbocycles. The highest BCUT2D eigenvalue weighted by atomic mass is 32.1. The smallest absolute Gasteiger partial charge is 0.387 e. The van der Waals surface area contributed by atoms with Crippen LogP contribution in [0.3, 0.4) is 0 Å². The average molecular weight is 442 g/mol. The Labute approximate surface area is 184 Å². The van der Waals surface area contributed by atoms with Gasteiger partial charge in [-0.25, -0.2) is 0 Å². The van der Waals surface area contributed by atoms with Gasteiger partial charge in [0.2, 0.25) is 5.70 Å². The van der Waals surface area contributed by atoms with Gasteiger partial charge in [-0.3, -0.25) is 0 Å². The molecule has 3 aromatic rings. The van der Waals surface area contributed by atoms with E-state index in [9.17, 15) is 13.9 Å². The summed E-state index contributed by atoms with van der Waals surface area (Å²) in [6.07, 6.45) is 3.50. The third-order valence-electron chi connectivity index (χ3n) is 4.31. The van der Waals surface area contributed by atoms with Crippen molar-refractivity contribution in [2.24, 2.45) is 0 Å². The lowest BCUT2D eigenvalue weighted by molar-refractivity contribution is -0.578. The van der Waals surface area contributed by atoms with E-state index in [1.165, 1.54) is 24.3 Å². The van der Waals surface area contributed by atoms with Crippen LogP contribution in [0.1, 0.15) is 11.1 Å². The number of methoxy groups -OCH3 is 1. The van der Waals surface area contributed by atoms with E-state index in [1.807, 2.05) is 13.0 Å². The molecule has 5 nitrogen and oxygen atoms in total. The lowest BCUT2D eigenvalue weighted by Gasteiger charge is -2.17. The summed E-state index contributed by atoms with van der Waals surface area (Å²) < 4.78 is 36.0. The molecule has 0 fully saturated rings. The molecule has 1 N–H and O–H groups in total. The van der Waals surface area contributed by atoms with Crippen molar-refractivity contribution >= 4 is 34.3 Å². The number of aryl methyl sites for hydroxylation is 1. The molecular weight excluding hydrogens is 422 g/mol. The van der Waals surface area contributed by atoms with E-state index in [4.69, 9.17) is 17.0 Å². The van der Waals surface area contributed by atoms with Crippen LogP contribution in [-0.4, -0.2) is 18.7 Å². The van der Waals surface area contributed by atoms with Crippen LogP contribution in [0.5, 0.6) is 11.5 Å². The molecule has 160 valence electrons. The second-order valence-electron chi connectivity index (χ2n) is 6.56. The number of hydrogen-bond acceptors (Lipinski definition) is 4. The number of aromatic nitrogens is 1. The van der Waals surface area contributed by atoms with E-state index in [0.29, 0.717) is 11.4 Å². The molecule has 0 radical (unpaired) electrons. The van der Waals surface area contributed by atoms with Crippen LogP contribution >= 0.6 is 12.2 Å². The highest BCUT2D eigenvalue weighted by Gasteiger charge is 2.19. The van der Waals surface area contributed by atoms with Crippen molar-refractivity contribution in [1.29, 1.82) is 0 Å². The van der Waals surface area contributed by atoms with E-state index in [2.05, 4.69) is 10.1 Å². The minimum absolute atomic E-state index is 0.0339. The number of ether oxygens (including phenoxy) is 2. The number of benzene rings is 2. The zero-order valence-electron chi connectivity index (χ0n) is 16.8. The number of alkyl halides is 2. The third-order valence-corrected chi connectivity index (χ3v) is 4.60. The first-order valence-corrected chi connectivity index (χ1v) is 9.68. The summed E-state index contributed by atoms with van der Waals surface area (Å²) in [5.41, 5.74) is 2.07. The van der Waals surface area contributed by atoms with E-state index < -0.39 is 6.61 Å². The molecule has 2 aromatic carbocycles. The van der Waals surface area contributed by atoms with Crippen molar-refractivity contribution in [2.75, 3.05) is 12.4 Å². The molecule has 0 unspecified atom stereocenters. The van der Waals surface area contributed by atoms with Gasteiger partial charge in [0.1, 0.15) is 11.5 Å². The number of pyridine rings is 1. The topological polar surface area (TPSA) is 57.4 Å². The summed E-state index contributed by atoms with van der Waals surface area (Å²) in [7, 11) is 1.56. The van der Waals surface area contributed by atoms with Crippen molar-refractivity contribution in [3.05, 3.63) is 84.2 Å². The number of anilines is 1. The second kappa shape index (κ2) is 9.99. The van der Waals surface area contributed by atoms with Crippen molar-refractivity contribution in [1.82, 2.24) is 0 Å². The molecule has 8 heteroatoms. The van der Waals surface area contributed by atoms with Crippen LogP contribution in [0, 0.1) is 6.92 Å². The predicted molar refractivity (Wildman–Crippen MR) is 117 cm³/mol. The molecule has 3 rings (SSSR count). The monoisotopic (exact) mass is 442 g/mol. The maximum absolute atomic E-state index is 13.3. The molecule has 0 bridgehead atoms. The van der Waals surface area contributed by atoms with Gasteiger partial charge in [-0.15, -0.1) is 0 Å². The Bertz CT molecular complexity index is 1100. The van der Waals surface area contributed by atoms with Gasteiger partial charge >= 0.3 is 6.61 Å². The molecule has 0 atom stereocenters. The highest BCUT2D eigenvalue weighted by molar-refractivity contribution is 7.81. The van der Waals surface area contributed by atoms with E-state index in [1.54, 1.807) is 54.4 Å². The number of rotatable bonds is 7. The lowest BCUT2D eigenvalue weighted by Crippen LogP contribution is -2.40. The van der Waals surface area contributed by atoms with Crippen LogP contribution < -0.4 is 24.5 Å². The standard InChI is InChI=1S/C23H20F2N2O3S/c1-15-5-4-12-27(14-15)20(22(31)26-17-6-3-7-19(13-17)29-2)21(28)16-8-10-18(11-9-16)30-23(24)25/h3-14,23H,1-2H3,(H-,26,28,31). The largest absolute Gasteiger partial charge is 0.867 e. The summed E-state index contributed by atoms with van der Waals surface area (Å²) in [5.74, 6) is 0.228. The Morgan fingerprint density at radius 2 is 1.81 bits per heavy atom. The summed E-state index contributed by atoms with van der Waals surface area (Å²) in [4.78, 5) is 0.196. The molecule has 31 heavy (non-hydrogen) atoms. The Balaban J connectivity index is 2.02. The molecule has 1 heterocycles. The van der Waals surface area contributed by atoms with Gasteiger partial charge in [-0.1, -0.05) is 30.4 Å². The first-order chi connectivity index (χ1) is 14.9. The fourth-order valence-electron chi connectivity index (χ4n) is 2.89.